The van der Waals surface area contributed by atoms with Crippen LogP contribution in [0.4, 0.5) is 0 Å². The van der Waals surface area contributed by atoms with E-state index in [1.165, 1.54) is 0 Å². The highest BCUT2D eigenvalue weighted by Gasteiger charge is 2.09. The van der Waals surface area contributed by atoms with Crippen LogP contribution in [-0.4, -0.2) is 52.8 Å². The number of rotatable bonds is 6. The van der Waals surface area contributed by atoms with Gasteiger partial charge >= 0.3 is 0 Å². The average Bonchev–Trinajstić information content (AvgIpc) is 2.52. The first-order valence-corrected chi connectivity index (χ1v) is 5.11. The Bertz CT molecular complexity index is 287. The van der Waals surface area contributed by atoms with Gasteiger partial charge in [-0.05, 0) is 14.1 Å². The Labute approximate surface area is 90.7 Å². The Hall–Kier alpha value is -0.910. The molecule has 0 radical (unpaired) electrons. The van der Waals surface area contributed by atoms with Gasteiger partial charge in [0, 0.05) is 32.5 Å². The largest absolute Gasteiger partial charge is 0.390 e. The molecule has 0 spiro atoms. The number of nitrogens with one attached hydrogen (secondary N) is 1. The second kappa shape index (κ2) is 5.85. The van der Waals surface area contributed by atoms with Crippen molar-refractivity contribution in [3.63, 3.8) is 0 Å². The molecule has 0 saturated heterocycles. The predicted molar refractivity (Wildman–Crippen MR) is 59.5 cm³/mol. The van der Waals surface area contributed by atoms with E-state index in [0.29, 0.717) is 13.1 Å². The Balaban J connectivity index is 2.36. The number of imidazole rings is 1. The molecular weight excluding hydrogens is 192 g/mol. The van der Waals surface area contributed by atoms with Crippen molar-refractivity contribution >= 4 is 0 Å². The third kappa shape index (κ3) is 3.99. The summed E-state index contributed by atoms with van der Waals surface area (Å²) in [6.45, 7) is 2.02. The number of nitrogens with zero attached hydrogens (tertiary/aromatic N) is 3. The number of aliphatic hydroxyl groups is 1. The summed E-state index contributed by atoms with van der Waals surface area (Å²) in [7, 11) is 5.79. The molecule has 1 rings (SSSR count). The van der Waals surface area contributed by atoms with Crippen molar-refractivity contribution in [1.82, 2.24) is 19.8 Å². The third-order valence-corrected chi connectivity index (χ3v) is 2.29. The van der Waals surface area contributed by atoms with E-state index in [-0.39, 0.29) is 6.10 Å². The van der Waals surface area contributed by atoms with Crippen molar-refractivity contribution in [2.24, 2.45) is 7.05 Å². The second-order valence-electron chi connectivity index (χ2n) is 3.86. The molecule has 5 heteroatoms. The minimum atomic E-state index is -0.333. The molecule has 0 aliphatic heterocycles. The van der Waals surface area contributed by atoms with Gasteiger partial charge in [0.2, 0.25) is 0 Å². The van der Waals surface area contributed by atoms with Crippen molar-refractivity contribution in [2.75, 3.05) is 27.2 Å². The molecule has 86 valence electrons. The van der Waals surface area contributed by atoms with Gasteiger partial charge in [-0.25, -0.2) is 4.98 Å². The van der Waals surface area contributed by atoms with Gasteiger partial charge in [0.1, 0.15) is 5.82 Å². The molecule has 0 aliphatic carbocycles. The summed E-state index contributed by atoms with van der Waals surface area (Å²) in [5.74, 6) is 1.01. The normalized spacial score (nSPS) is 13.4. The second-order valence-corrected chi connectivity index (χ2v) is 3.86. The van der Waals surface area contributed by atoms with Crippen LogP contribution >= 0.6 is 0 Å². The van der Waals surface area contributed by atoms with Crippen LogP contribution in [0.25, 0.3) is 0 Å². The lowest BCUT2D eigenvalue weighted by atomic mass is 10.3. The Morgan fingerprint density at radius 3 is 2.93 bits per heavy atom. The third-order valence-electron chi connectivity index (χ3n) is 2.29. The minimum Gasteiger partial charge on any atom is -0.390 e. The maximum Gasteiger partial charge on any atom is 0.122 e. The Morgan fingerprint density at radius 1 is 1.67 bits per heavy atom. The van der Waals surface area contributed by atoms with E-state index in [1.54, 1.807) is 6.20 Å². The summed E-state index contributed by atoms with van der Waals surface area (Å²) in [4.78, 5) is 6.29. The molecule has 0 bridgehead atoms. The van der Waals surface area contributed by atoms with E-state index in [9.17, 15) is 5.11 Å². The molecule has 1 heterocycles. The number of hydrogen-bond acceptors (Lipinski definition) is 4. The summed E-state index contributed by atoms with van der Waals surface area (Å²) in [5, 5.41) is 12.5. The molecule has 0 saturated carbocycles. The number of aromatic nitrogens is 2. The summed E-state index contributed by atoms with van der Waals surface area (Å²) >= 11 is 0. The molecule has 0 amide bonds. The molecule has 1 unspecified atom stereocenters. The molecular formula is C10H20N4O. The molecule has 1 aromatic heterocycles. The SMILES string of the molecule is CNCC(O)CN(C)Cc1nccn1C. The first-order valence-electron chi connectivity index (χ1n) is 5.11. The highest BCUT2D eigenvalue weighted by Crippen LogP contribution is 1.99. The van der Waals surface area contributed by atoms with E-state index in [0.717, 1.165) is 12.4 Å². The van der Waals surface area contributed by atoms with Gasteiger partial charge in [-0.15, -0.1) is 0 Å². The molecule has 1 aromatic rings. The number of aliphatic hydroxyl groups excluding tert-OH is 1. The lowest BCUT2D eigenvalue weighted by Crippen LogP contribution is -2.35. The number of likely N-dealkylation sites (N-methyl/N-ethyl adjacent to an activating group) is 2. The number of hydrogen-bond donors (Lipinski definition) is 2. The van der Waals surface area contributed by atoms with Gasteiger partial charge in [-0.1, -0.05) is 0 Å². The quantitative estimate of drug-likeness (QED) is 0.663. The topological polar surface area (TPSA) is 53.3 Å². The van der Waals surface area contributed by atoms with Gasteiger partial charge in [0.25, 0.3) is 0 Å². The van der Waals surface area contributed by atoms with E-state index >= 15 is 0 Å². The van der Waals surface area contributed by atoms with Crippen LogP contribution < -0.4 is 5.32 Å². The molecule has 1 atom stereocenters. The van der Waals surface area contributed by atoms with Crippen LogP contribution in [0, 0.1) is 0 Å². The van der Waals surface area contributed by atoms with Crippen LogP contribution in [0.3, 0.4) is 0 Å². The summed E-state index contributed by atoms with van der Waals surface area (Å²) < 4.78 is 1.99. The fraction of sp³-hybridized carbons (Fsp3) is 0.700. The van der Waals surface area contributed by atoms with Crippen molar-refractivity contribution in [3.8, 4) is 0 Å². The van der Waals surface area contributed by atoms with Gasteiger partial charge in [0.15, 0.2) is 0 Å². The van der Waals surface area contributed by atoms with Crippen LogP contribution in [-0.2, 0) is 13.6 Å². The van der Waals surface area contributed by atoms with Crippen molar-refractivity contribution < 1.29 is 5.11 Å². The Kier molecular flexibility index (Phi) is 4.74. The molecule has 0 aliphatic rings. The van der Waals surface area contributed by atoms with Crippen molar-refractivity contribution in [3.05, 3.63) is 18.2 Å². The van der Waals surface area contributed by atoms with E-state index in [1.807, 2.05) is 31.9 Å². The average molecular weight is 212 g/mol. The summed E-state index contributed by atoms with van der Waals surface area (Å²) in [6, 6.07) is 0. The standard InChI is InChI=1S/C10H20N4O/c1-11-6-9(15)7-13(2)8-10-12-4-5-14(10)3/h4-5,9,11,15H,6-8H2,1-3H3. The lowest BCUT2D eigenvalue weighted by Gasteiger charge is -2.19. The zero-order chi connectivity index (χ0) is 11.3. The van der Waals surface area contributed by atoms with Gasteiger partial charge < -0.3 is 15.0 Å². The highest BCUT2D eigenvalue weighted by atomic mass is 16.3. The predicted octanol–water partition coefficient (Wildman–Crippen LogP) is -0.568. The van der Waals surface area contributed by atoms with Crippen LogP contribution in [0.2, 0.25) is 0 Å². The fourth-order valence-electron chi connectivity index (χ4n) is 1.51. The van der Waals surface area contributed by atoms with Gasteiger partial charge in [0.05, 0.1) is 12.6 Å². The molecule has 2 N–H and O–H groups in total. The van der Waals surface area contributed by atoms with Crippen molar-refractivity contribution in [2.45, 2.75) is 12.6 Å². The van der Waals surface area contributed by atoms with E-state index < -0.39 is 0 Å². The molecule has 0 aromatic carbocycles. The smallest absolute Gasteiger partial charge is 0.122 e. The maximum atomic E-state index is 9.59. The van der Waals surface area contributed by atoms with Crippen LogP contribution in [0.1, 0.15) is 5.82 Å². The van der Waals surface area contributed by atoms with Gasteiger partial charge in [-0.2, -0.15) is 0 Å². The lowest BCUT2D eigenvalue weighted by molar-refractivity contribution is 0.121. The fourth-order valence-corrected chi connectivity index (χ4v) is 1.51. The zero-order valence-electron chi connectivity index (χ0n) is 9.64. The number of aryl methyl sites for hydroxylation is 1. The molecule has 0 fully saturated rings. The Morgan fingerprint density at radius 2 is 2.40 bits per heavy atom. The summed E-state index contributed by atoms with van der Waals surface area (Å²) in [6.07, 6.45) is 3.38. The maximum absolute atomic E-state index is 9.59. The molecule has 5 nitrogen and oxygen atoms in total. The van der Waals surface area contributed by atoms with Crippen molar-refractivity contribution in [1.29, 1.82) is 0 Å². The van der Waals surface area contributed by atoms with E-state index in [2.05, 4.69) is 15.2 Å². The summed E-state index contributed by atoms with van der Waals surface area (Å²) in [5.41, 5.74) is 0. The highest BCUT2D eigenvalue weighted by molar-refractivity contribution is 4.90. The monoisotopic (exact) mass is 212 g/mol. The van der Waals surface area contributed by atoms with Crippen LogP contribution in [0.5, 0.6) is 0 Å². The minimum absolute atomic E-state index is 0.333. The zero-order valence-corrected chi connectivity index (χ0v) is 9.64. The van der Waals surface area contributed by atoms with E-state index in [4.69, 9.17) is 0 Å². The first-order chi connectivity index (χ1) is 7.13. The van der Waals surface area contributed by atoms with Crippen LogP contribution in [0.15, 0.2) is 12.4 Å². The first kappa shape index (κ1) is 12.2. The molecule has 15 heavy (non-hydrogen) atoms. The van der Waals surface area contributed by atoms with Gasteiger partial charge in [-0.3, -0.25) is 4.90 Å².